The van der Waals surface area contributed by atoms with E-state index in [1.807, 2.05) is 17.6 Å². The first kappa shape index (κ1) is 17.6. The van der Waals surface area contributed by atoms with Crippen LogP contribution in [-0.4, -0.2) is 55.7 Å². The molecule has 0 saturated carbocycles. The maximum atomic E-state index is 6.02. The van der Waals surface area contributed by atoms with Gasteiger partial charge in [0.2, 0.25) is 11.8 Å². The van der Waals surface area contributed by atoms with Crippen LogP contribution in [0.15, 0.2) is 24.7 Å². The summed E-state index contributed by atoms with van der Waals surface area (Å²) in [6, 6.07) is 4.19. The number of methoxy groups -OCH3 is 1. The van der Waals surface area contributed by atoms with Crippen LogP contribution in [0.1, 0.15) is 24.1 Å². The summed E-state index contributed by atoms with van der Waals surface area (Å²) in [4.78, 5) is 15.6. The van der Waals surface area contributed by atoms with Crippen LogP contribution in [0.5, 0.6) is 5.88 Å². The number of anilines is 2. The Balaban J connectivity index is 1.63. The Kier molecular flexibility index (Phi) is 4.87. The van der Waals surface area contributed by atoms with Gasteiger partial charge in [0.1, 0.15) is 11.8 Å². The van der Waals surface area contributed by atoms with E-state index in [-0.39, 0.29) is 0 Å². The summed E-state index contributed by atoms with van der Waals surface area (Å²) >= 11 is 0. The molecule has 27 heavy (non-hydrogen) atoms. The average molecular weight is 368 g/mol. The van der Waals surface area contributed by atoms with Gasteiger partial charge in [0.05, 0.1) is 7.11 Å². The van der Waals surface area contributed by atoms with Crippen molar-refractivity contribution in [3.8, 4) is 5.88 Å². The number of likely N-dealkylation sites (tertiary alicyclic amines) is 1. The minimum Gasteiger partial charge on any atom is -0.481 e. The number of aryl methyl sites for hydroxylation is 1. The molecule has 142 valence electrons. The zero-order valence-electron chi connectivity index (χ0n) is 15.6. The molecule has 1 saturated heterocycles. The van der Waals surface area contributed by atoms with Crippen molar-refractivity contribution in [2.24, 2.45) is 5.73 Å². The molecule has 1 fully saturated rings. The highest BCUT2D eigenvalue weighted by molar-refractivity contribution is 5.74. The first-order valence-corrected chi connectivity index (χ1v) is 9.08. The molecule has 9 heteroatoms. The summed E-state index contributed by atoms with van der Waals surface area (Å²) in [6.45, 7) is 4.75. The van der Waals surface area contributed by atoms with E-state index in [4.69, 9.17) is 10.5 Å². The molecular formula is C18H24N8O. The van der Waals surface area contributed by atoms with Crippen molar-refractivity contribution in [3.05, 3.63) is 35.9 Å². The summed E-state index contributed by atoms with van der Waals surface area (Å²) in [5.41, 5.74) is 8.92. The molecule has 0 aromatic carbocycles. The van der Waals surface area contributed by atoms with Crippen LogP contribution in [0.3, 0.4) is 0 Å². The van der Waals surface area contributed by atoms with Gasteiger partial charge in [-0.15, -0.1) is 0 Å². The number of hydrogen-bond acceptors (Lipinski definition) is 8. The van der Waals surface area contributed by atoms with E-state index in [2.05, 4.69) is 36.3 Å². The Labute approximate surface area is 157 Å². The Bertz CT molecular complexity index is 932. The van der Waals surface area contributed by atoms with Gasteiger partial charge >= 0.3 is 0 Å². The monoisotopic (exact) mass is 368 g/mol. The van der Waals surface area contributed by atoms with E-state index >= 15 is 0 Å². The summed E-state index contributed by atoms with van der Waals surface area (Å²) in [5, 5.41) is 7.54. The molecule has 0 atom stereocenters. The van der Waals surface area contributed by atoms with Crippen LogP contribution in [-0.2, 0) is 6.54 Å². The van der Waals surface area contributed by atoms with Crippen molar-refractivity contribution in [1.82, 2.24) is 29.5 Å². The largest absolute Gasteiger partial charge is 0.481 e. The van der Waals surface area contributed by atoms with E-state index in [0.717, 1.165) is 49.2 Å². The zero-order valence-corrected chi connectivity index (χ0v) is 15.6. The fourth-order valence-electron chi connectivity index (χ4n) is 3.40. The maximum absolute atomic E-state index is 6.02. The van der Waals surface area contributed by atoms with Gasteiger partial charge in [-0.25, -0.2) is 14.5 Å². The lowest BCUT2D eigenvalue weighted by Gasteiger charge is -2.29. The molecule has 0 bridgehead atoms. The molecule has 0 aliphatic carbocycles. The first-order valence-electron chi connectivity index (χ1n) is 9.08. The van der Waals surface area contributed by atoms with E-state index < -0.39 is 0 Å². The second-order valence-electron chi connectivity index (χ2n) is 6.86. The topological polar surface area (TPSA) is 106 Å². The average Bonchev–Trinajstić information content (AvgIpc) is 3.07. The van der Waals surface area contributed by atoms with Gasteiger partial charge in [0.25, 0.3) is 0 Å². The molecule has 0 spiro atoms. The summed E-state index contributed by atoms with van der Waals surface area (Å²) in [7, 11) is 1.59. The second kappa shape index (κ2) is 7.45. The van der Waals surface area contributed by atoms with Gasteiger partial charge in [-0.1, -0.05) is 0 Å². The minimum atomic E-state index is 0.320. The third-order valence-corrected chi connectivity index (χ3v) is 4.83. The van der Waals surface area contributed by atoms with Crippen LogP contribution in [0.2, 0.25) is 0 Å². The molecule has 1 aliphatic rings. The molecule has 9 nitrogen and oxygen atoms in total. The maximum Gasteiger partial charge on any atom is 0.231 e. The number of aromatic nitrogens is 5. The third kappa shape index (κ3) is 3.83. The smallest absolute Gasteiger partial charge is 0.231 e. The van der Waals surface area contributed by atoms with Crippen LogP contribution in [0.4, 0.5) is 11.8 Å². The third-order valence-electron chi connectivity index (χ3n) is 4.83. The van der Waals surface area contributed by atoms with Crippen molar-refractivity contribution < 1.29 is 4.74 Å². The van der Waals surface area contributed by atoms with Crippen LogP contribution in [0, 0.1) is 6.92 Å². The predicted octanol–water partition coefficient (Wildman–Crippen LogP) is 1.50. The lowest BCUT2D eigenvalue weighted by Crippen LogP contribution is -2.39. The Morgan fingerprint density at radius 3 is 2.89 bits per heavy atom. The summed E-state index contributed by atoms with van der Waals surface area (Å²) in [5.74, 6) is 1.63. The molecule has 3 aromatic rings. The number of fused-ring (bicyclic) bond motifs is 1. The van der Waals surface area contributed by atoms with E-state index in [1.54, 1.807) is 13.2 Å². The Morgan fingerprint density at radius 2 is 2.11 bits per heavy atom. The fourth-order valence-corrected chi connectivity index (χ4v) is 3.40. The van der Waals surface area contributed by atoms with E-state index in [1.165, 1.54) is 6.33 Å². The number of piperidine rings is 1. The van der Waals surface area contributed by atoms with Crippen molar-refractivity contribution in [2.45, 2.75) is 32.4 Å². The second-order valence-corrected chi connectivity index (χ2v) is 6.86. The van der Waals surface area contributed by atoms with E-state index in [0.29, 0.717) is 23.7 Å². The van der Waals surface area contributed by atoms with Gasteiger partial charge in [-0.2, -0.15) is 10.1 Å². The molecule has 3 aromatic heterocycles. The number of nitrogens with zero attached hydrogens (tertiary/aromatic N) is 6. The van der Waals surface area contributed by atoms with Gasteiger partial charge in [0.15, 0.2) is 5.82 Å². The van der Waals surface area contributed by atoms with Crippen molar-refractivity contribution in [1.29, 1.82) is 0 Å². The Hall–Kier alpha value is -2.78. The molecule has 0 radical (unpaired) electrons. The fraction of sp³-hybridized carbons (Fsp3) is 0.444. The standard InChI is InChI=1S/C18H24N8O/c1-12-9-15(27-2)23-18(22-12)24-17-16-13(3-8-26(16)21-11-20-17)10-25-6-4-14(19)5-7-25/h3,8-9,11,14H,4-7,10,19H2,1-2H3,(H,20,21,22,23,24). The first-order chi connectivity index (χ1) is 13.1. The molecule has 4 rings (SSSR count). The Morgan fingerprint density at radius 1 is 1.30 bits per heavy atom. The zero-order chi connectivity index (χ0) is 18.8. The van der Waals surface area contributed by atoms with Gasteiger partial charge in [-0.3, -0.25) is 4.90 Å². The van der Waals surface area contributed by atoms with Crippen LogP contribution >= 0.6 is 0 Å². The number of hydrogen-bond donors (Lipinski definition) is 2. The minimum absolute atomic E-state index is 0.320. The lowest BCUT2D eigenvalue weighted by atomic mass is 10.1. The molecule has 0 unspecified atom stereocenters. The highest BCUT2D eigenvalue weighted by atomic mass is 16.5. The van der Waals surface area contributed by atoms with Gasteiger partial charge < -0.3 is 15.8 Å². The normalized spacial score (nSPS) is 16.0. The van der Waals surface area contributed by atoms with Crippen molar-refractivity contribution in [3.63, 3.8) is 0 Å². The van der Waals surface area contributed by atoms with Crippen molar-refractivity contribution in [2.75, 3.05) is 25.5 Å². The van der Waals surface area contributed by atoms with E-state index in [9.17, 15) is 0 Å². The predicted molar refractivity (Wildman–Crippen MR) is 102 cm³/mol. The molecular weight excluding hydrogens is 344 g/mol. The SMILES string of the molecule is COc1cc(C)nc(Nc2ncnn3ccc(CN4CCC(N)CC4)c23)n1. The quantitative estimate of drug-likeness (QED) is 0.698. The summed E-state index contributed by atoms with van der Waals surface area (Å²) < 4.78 is 7.06. The van der Waals surface area contributed by atoms with Crippen LogP contribution < -0.4 is 15.8 Å². The number of nitrogens with two attached hydrogens (primary N) is 1. The highest BCUT2D eigenvalue weighted by Crippen LogP contribution is 2.24. The number of nitrogens with one attached hydrogen (secondary N) is 1. The number of ether oxygens (including phenoxy) is 1. The molecule has 1 aliphatic heterocycles. The van der Waals surface area contributed by atoms with Gasteiger partial charge in [0, 0.05) is 30.5 Å². The molecule has 4 heterocycles. The number of rotatable bonds is 5. The van der Waals surface area contributed by atoms with Crippen molar-refractivity contribution >= 4 is 17.3 Å². The summed E-state index contributed by atoms with van der Waals surface area (Å²) in [6.07, 6.45) is 5.53. The molecule has 3 N–H and O–H groups in total. The van der Waals surface area contributed by atoms with Gasteiger partial charge in [-0.05, 0) is 44.5 Å². The molecule has 0 amide bonds. The lowest BCUT2D eigenvalue weighted by molar-refractivity contribution is 0.206. The van der Waals surface area contributed by atoms with Crippen LogP contribution in [0.25, 0.3) is 5.52 Å². The highest BCUT2D eigenvalue weighted by Gasteiger charge is 2.19.